The minimum atomic E-state index is -4.79. The Morgan fingerprint density at radius 3 is 2.56 bits per heavy atom. The van der Waals surface area contributed by atoms with Crippen LogP contribution in [0.2, 0.25) is 0 Å². The van der Waals surface area contributed by atoms with E-state index < -0.39 is 30.0 Å². The molecule has 0 bridgehead atoms. The Kier molecular flexibility index (Phi) is 8.48. The topological polar surface area (TPSA) is 103 Å². The first-order valence-corrected chi connectivity index (χ1v) is 14.0. The maximum atomic E-state index is 14.9. The van der Waals surface area contributed by atoms with Crippen molar-refractivity contribution in [3.05, 3.63) is 53.7 Å². The molecular formula is C30H35F3N6O4. The Hall–Kier alpha value is -3.97. The van der Waals surface area contributed by atoms with Gasteiger partial charge in [0.2, 0.25) is 0 Å². The molecule has 4 heterocycles. The molecule has 13 heteroatoms. The van der Waals surface area contributed by atoms with E-state index in [2.05, 4.69) is 15.5 Å². The van der Waals surface area contributed by atoms with Gasteiger partial charge in [0.1, 0.15) is 23.7 Å². The van der Waals surface area contributed by atoms with E-state index in [0.717, 1.165) is 15.8 Å². The fourth-order valence-electron chi connectivity index (χ4n) is 5.24. The summed E-state index contributed by atoms with van der Waals surface area (Å²) < 4.78 is 62.5. The number of methoxy groups -OCH3 is 1. The molecule has 0 spiro atoms. The lowest BCUT2D eigenvalue weighted by molar-refractivity contribution is -0.188. The average Bonchev–Trinajstić information content (AvgIpc) is 3.61. The van der Waals surface area contributed by atoms with Crippen LogP contribution in [0.4, 0.5) is 18.0 Å². The fraction of sp³-hybridized carbons (Fsp3) is 0.467. The van der Waals surface area contributed by atoms with E-state index in [0.29, 0.717) is 48.8 Å². The highest BCUT2D eigenvalue weighted by Crippen LogP contribution is 2.41. The first-order chi connectivity index (χ1) is 20.4. The number of halogens is 3. The number of ether oxygens (including phenoxy) is 3. The molecule has 1 aromatic carbocycles. The Morgan fingerprint density at radius 2 is 1.88 bits per heavy atom. The summed E-state index contributed by atoms with van der Waals surface area (Å²) in [5, 5.41) is 12.4. The predicted octanol–water partition coefficient (Wildman–Crippen LogP) is 5.48. The van der Waals surface area contributed by atoms with Gasteiger partial charge in [0.05, 0.1) is 12.1 Å². The molecule has 5 rings (SSSR count). The largest absolute Gasteiger partial charge is 0.491 e. The second-order valence-electron chi connectivity index (χ2n) is 11.5. The van der Waals surface area contributed by atoms with Gasteiger partial charge >= 0.3 is 12.3 Å². The molecule has 0 unspecified atom stereocenters. The summed E-state index contributed by atoms with van der Waals surface area (Å²) in [6.45, 7) is 8.29. The van der Waals surface area contributed by atoms with Crippen molar-refractivity contribution >= 4 is 22.6 Å². The summed E-state index contributed by atoms with van der Waals surface area (Å²) >= 11 is 0. The van der Waals surface area contributed by atoms with E-state index in [1.165, 1.54) is 22.7 Å². The molecule has 1 aliphatic rings. The van der Waals surface area contributed by atoms with Gasteiger partial charge in [0.15, 0.2) is 17.5 Å². The number of hydrogen-bond donors (Lipinski definition) is 1. The first-order valence-electron chi connectivity index (χ1n) is 14.0. The van der Waals surface area contributed by atoms with Crippen LogP contribution in [-0.2, 0) is 9.47 Å². The van der Waals surface area contributed by atoms with Crippen molar-refractivity contribution in [3.63, 3.8) is 0 Å². The molecular weight excluding hydrogens is 565 g/mol. The van der Waals surface area contributed by atoms with Crippen LogP contribution < -0.4 is 10.1 Å². The van der Waals surface area contributed by atoms with Crippen LogP contribution in [0.3, 0.4) is 0 Å². The van der Waals surface area contributed by atoms with E-state index in [9.17, 15) is 18.0 Å². The summed E-state index contributed by atoms with van der Waals surface area (Å²) in [5.41, 5.74) is 1.10. The number of rotatable bonds is 8. The zero-order valence-electron chi connectivity index (χ0n) is 24.7. The van der Waals surface area contributed by atoms with Crippen molar-refractivity contribution in [2.24, 2.45) is 0 Å². The Labute approximate surface area is 247 Å². The van der Waals surface area contributed by atoms with E-state index in [1.54, 1.807) is 33.9 Å². The quantitative estimate of drug-likeness (QED) is 0.265. The number of aromatic nitrogens is 4. The second kappa shape index (κ2) is 12.0. The van der Waals surface area contributed by atoms with Gasteiger partial charge in [-0.15, -0.1) is 10.2 Å². The number of fused-ring (bicyclic) bond motifs is 2. The van der Waals surface area contributed by atoms with Crippen LogP contribution in [0.25, 0.3) is 28.1 Å². The Bertz CT molecular complexity index is 1610. The molecule has 1 fully saturated rings. The SMILES string of the molecule is COCCOc1ccc2ccc(-c3nnc4ccc([C@@H](N(C(=O)OC(C)(C)C)[C@H]5CCNC5)C(F)(F)F)cn34)nc2c1C. The molecule has 1 amide bonds. The van der Waals surface area contributed by atoms with Gasteiger partial charge in [-0.2, -0.15) is 13.2 Å². The molecule has 43 heavy (non-hydrogen) atoms. The minimum Gasteiger partial charge on any atom is -0.491 e. The third-order valence-corrected chi connectivity index (χ3v) is 7.20. The van der Waals surface area contributed by atoms with E-state index in [4.69, 9.17) is 19.2 Å². The number of amides is 1. The molecule has 4 aromatic rings. The molecule has 10 nitrogen and oxygen atoms in total. The molecule has 0 aliphatic carbocycles. The maximum Gasteiger partial charge on any atom is 0.413 e. The van der Waals surface area contributed by atoms with Crippen molar-refractivity contribution in [2.75, 3.05) is 33.4 Å². The highest BCUT2D eigenvalue weighted by atomic mass is 19.4. The summed E-state index contributed by atoms with van der Waals surface area (Å²) in [6, 6.07) is 7.18. The number of pyridine rings is 2. The lowest BCUT2D eigenvalue weighted by Crippen LogP contribution is -2.50. The van der Waals surface area contributed by atoms with Crippen molar-refractivity contribution in [2.45, 2.75) is 58.0 Å². The fourth-order valence-corrected chi connectivity index (χ4v) is 5.24. The number of alkyl halides is 3. The van der Waals surface area contributed by atoms with Gasteiger partial charge in [-0.1, -0.05) is 12.1 Å². The normalized spacial score (nSPS) is 16.5. The lowest BCUT2D eigenvalue weighted by Gasteiger charge is -2.38. The number of carbonyl (C=O) groups excluding carboxylic acids is 1. The number of nitrogens with one attached hydrogen (secondary N) is 1. The monoisotopic (exact) mass is 600 g/mol. The zero-order valence-corrected chi connectivity index (χ0v) is 24.7. The van der Waals surface area contributed by atoms with Crippen molar-refractivity contribution in [1.29, 1.82) is 0 Å². The molecule has 3 aromatic heterocycles. The summed E-state index contributed by atoms with van der Waals surface area (Å²) in [6.07, 6.45) is -4.13. The first kappa shape index (κ1) is 30.5. The Morgan fingerprint density at radius 1 is 1.12 bits per heavy atom. The van der Waals surface area contributed by atoms with Gasteiger partial charge in [-0.25, -0.2) is 9.78 Å². The van der Waals surface area contributed by atoms with E-state index in [1.807, 2.05) is 25.1 Å². The van der Waals surface area contributed by atoms with Gasteiger partial charge < -0.3 is 19.5 Å². The van der Waals surface area contributed by atoms with Gasteiger partial charge in [0, 0.05) is 42.4 Å². The van der Waals surface area contributed by atoms with Crippen molar-refractivity contribution < 1.29 is 32.2 Å². The molecule has 230 valence electrons. The molecule has 0 radical (unpaired) electrons. The molecule has 1 N–H and O–H groups in total. The van der Waals surface area contributed by atoms with Crippen LogP contribution in [0, 0.1) is 6.92 Å². The van der Waals surface area contributed by atoms with E-state index in [-0.39, 0.29) is 17.9 Å². The third kappa shape index (κ3) is 6.52. The maximum absolute atomic E-state index is 14.9. The summed E-state index contributed by atoms with van der Waals surface area (Å²) in [5.74, 6) is 0.912. The summed E-state index contributed by atoms with van der Waals surface area (Å²) in [4.78, 5) is 18.9. The second-order valence-corrected chi connectivity index (χ2v) is 11.5. The number of nitrogens with zero attached hydrogens (tertiary/aromatic N) is 5. The van der Waals surface area contributed by atoms with Crippen LogP contribution >= 0.6 is 0 Å². The van der Waals surface area contributed by atoms with Crippen molar-refractivity contribution in [1.82, 2.24) is 29.8 Å². The number of carbonyl (C=O) groups is 1. The average molecular weight is 601 g/mol. The van der Waals surface area contributed by atoms with Crippen LogP contribution in [0.15, 0.2) is 42.6 Å². The molecule has 1 aliphatic heterocycles. The van der Waals surface area contributed by atoms with Crippen molar-refractivity contribution in [3.8, 4) is 17.3 Å². The van der Waals surface area contributed by atoms with Gasteiger partial charge in [-0.3, -0.25) is 9.30 Å². The predicted molar refractivity (Wildman–Crippen MR) is 154 cm³/mol. The zero-order chi connectivity index (χ0) is 30.9. The van der Waals surface area contributed by atoms with Gasteiger partial charge in [-0.05, 0) is 64.9 Å². The van der Waals surface area contributed by atoms with E-state index >= 15 is 0 Å². The summed E-state index contributed by atoms with van der Waals surface area (Å²) in [7, 11) is 1.59. The number of aryl methyl sites for hydroxylation is 1. The third-order valence-electron chi connectivity index (χ3n) is 7.20. The molecule has 1 saturated heterocycles. The van der Waals surface area contributed by atoms with Crippen LogP contribution in [0.1, 0.15) is 44.4 Å². The molecule has 2 atom stereocenters. The van der Waals surface area contributed by atoms with Crippen LogP contribution in [0.5, 0.6) is 5.75 Å². The standard InChI is InChI=1S/C30H35F3N6O4/c1-18-23(42-15-14-41-5)10-7-19-6-9-22(35-25(18)19)27-37-36-24-11-8-20(17-38(24)27)26(30(31,32)33)39(21-12-13-34-16-21)28(40)43-29(2,3)4/h6-11,17,21,26,34H,12-16H2,1-5H3/t21-,26+/m0/s1. The molecule has 0 saturated carbocycles. The Balaban J connectivity index is 1.58. The van der Waals surface area contributed by atoms with Crippen LogP contribution in [-0.4, -0.2) is 81.8 Å². The number of hydrogen-bond acceptors (Lipinski definition) is 8. The van der Waals surface area contributed by atoms with Gasteiger partial charge in [0.25, 0.3) is 0 Å². The number of benzene rings is 1. The highest BCUT2D eigenvalue weighted by Gasteiger charge is 2.50. The minimum absolute atomic E-state index is 0.149. The lowest BCUT2D eigenvalue weighted by atomic mass is 10.0. The smallest absolute Gasteiger partial charge is 0.413 e. The highest BCUT2D eigenvalue weighted by molar-refractivity contribution is 5.85.